The fraction of sp³-hybridized carbons (Fsp3) is 0.632. The molecule has 146 valence electrons. The number of aromatic nitrogens is 2. The lowest BCUT2D eigenvalue weighted by atomic mass is 10.1. The minimum Gasteiger partial charge on any atom is -0.494 e. The minimum atomic E-state index is -1.13. The number of methoxy groups -OCH3 is 1. The number of nitrogens with zero attached hydrogens (tertiary/aromatic N) is 3. The molecule has 2 rings (SSSR count). The van der Waals surface area contributed by atoms with Gasteiger partial charge in [-0.2, -0.15) is 5.10 Å². The van der Waals surface area contributed by atoms with E-state index in [1.165, 1.54) is 7.11 Å². The number of halogens is 1. The topological polar surface area (TPSA) is 39.5 Å². The van der Waals surface area contributed by atoms with Crippen molar-refractivity contribution in [3.63, 3.8) is 0 Å². The van der Waals surface area contributed by atoms with E-state index in [1.807, 2.05) is 6.07 Å². The van der Waals surface area contributed by atoms with Gasteiger partial charge in [0.1, 0.15) is 6.73 Å². The van der Waals surface area contributed by atoms with E-state index in [0.717, 1.165) is 30.3 Å². The van der Waals surface area contributed by atoms with Crippen molar-refractivity contribution in [3.05, 3.63) is 23.6 Å². The van der Waals surface area contributed by atoms with E-state index in [-0.39, 0.29) is 11.6 Å². The predicted octanol–water partition coefficient (Wildman–Crippen LogP) is 3.99. The third-order valence-corrected chi connectivity index (χ3v) is 6.30. The Hall–Kier alpha value is -1.44. The molecule has 26 heavy (non-hydrogen) atoms. The Bertz CT molecular complexity index is 728. The highest BCUT2D eigenvalue weighted by atomic mass is 28.3. The maximum Gasteiger partial charge on any atom is 0.176 e. The van der Waals surface area contributed by atoms with E-state index >= 15 is 0 Å². The summed E-state index contributed by atoms with van der Waals surface area (Å²) < 4.78 is 27.6. The molecule has 1 heterocycles. The number of likely N-dealkylation sites (N-methyl/N-ethyl adjacent to an activating group) is 1. The molecular formula is C19H32FN3O2Si. The van der Waals surface area contributed by atoms with Crippen LogP contribution in [0.1, 0.15) is 12.6 Å². The predicted molar refractivity (Wildman–Crippen MR) is 107 cm³/mol. The summed E-state index contributed by atoms with van der Waals surface area (Å²) in [7, 11) is 2.40. The fourth-order valence-electron chi connectivity index (χ4n) is 2.70. The van der Waals surface area contributed by atoms with Crippen molar-refractivity contribution in [1.29, 1.82) is 0 Å². The summed E-state index contributed by atoms with van der Waals surface area (Å²) in [6.07, 6.45) is 0.687. The van der Waals surface area contributed by atoms with Gasteiger partial charge in [0.25, 0.3) is 0 Å². The summed E-state index contributed by atoms with van der Waals surface area (Å²) in [5, 5.41) is 5.19. The molecule has 0 atom stereocenters. The molecule has 0 radical (unpaired) electrons. The second kappa shape index (κ2) is 8.97. The molecule has 0 fully saturated rings. The molecule has 0 aliphatic carbocycles. The van der Waals surface area contributed by atoms with Gasteiger partial charge in [0.2, 0.25) is 0 Å². The second-order valence-electron chi connectivity index (χ2n) is 7.92. The van der Waals surface area contributed by atoms with Gasteiger partial charge in [0.05, 0.1) is 23.7 Å². The van der Waals surface area contributed by atoms with Gasteiger partial charge >= 0.3 is 0 Å². The quantitative estimate of drug-likeness (QED) is 0.461. The van der Waals surface area contributed by atoms with Crippen molar-refractivity contribution < 1.29 is 13.9 Å². The lowest BCUT2D eigenvalue weighted by Gasteiger charge is -2.15. The summed E-state index contributed by atoms with van der Waals surface area (Å²) in [6, 6.07) is 4.61. The lowest BCUT2D eigenvalue weighted by molar-refractivity contribution is 0.0813. The molecular weight excluding hydrogens is 349 g/mol. The highest BCUT2D eigenvalue weighted by molar-refractivity contribution is 6.76. The Balaban J connectivity index is 2.25. The smallest absolute Gasteiger partial charge is 0.176 e. The first-order chi connectivity index (χ1) is 12.3. The van der Waals surface area contributed by atoms with Crippen LogP contribution in [0.5, 0.6) is 5.75 Å². The number of hydrogen-bond acceptors (Lipinski definition) is 4. The van der Waals surface area contributed by atoms with E-state index in [1.54, 1.807) is 10.7 Å². The summed E-state index contributed by atoms with van der Waals surface area (Å²) in [6.45, 7) is 11.9. The van der Waals surface area contributed by atoms with Gasteiger partial charge in [0.15, 0.2) is 11.6 Å². The van der Waals surface area contributed by atoms with Crippen molar-refractivity contribution in [1.82, 2.24) is 14.7 Å². The molecule has 7 heteroatoms. The van der Waals surface area contributed by atoms with Crippen LogP contribution in [0, 0.1) is 5.82 Å². The minimum absolute atomic E-state index is 0.252. The van der Waals surface area contributed by atoms with Crippen molar-refractivity contribution in [2.24, 2.45) is 0 Å². The number of benzene rings is 1. The summed E-state index contributed by atoms with van der Waals surface area (Å²) in [4.78, 5) is 2.19. The zero-order valence-corrected chi connectivity index (χ0v) is 17.9. The van der Waals surface area contributed by atoms with E-state index in [2.05, 4.69) is 43.6 Å². The van der Waals surface area contributed by atoms with Gasteiger partial charge in [-0.1, -0.05) is 26.6 Å². The van der Waals surface area contributed by atoms with Crippen LogP contribution in [0.3, 0.4) is 0 Å². The van der Waals surface area contributed by atoms with Gasteiger partial charge in [-0.15, -0.1) is 0 Å². The Labute approximate surface area is 157 Å². The van der Waals surface area contributed by atoms with Gasteiger partial charge in [-0.25, -0.2) is 9.07 Å². The number of fused-ring (bicyclic) bond motifs is 1. The molecule has 0 aliphatic heterocycles. The molecule has 0 saturated carbocycles. The van der Waals surface area contributed by atoms with Gasteiger partial charge in [-0.3, -0.25) is 0 Å². The number of ether oxygens (including phenoxy) is 2. The van der Waals surface area contributed by atoms with Gasteiger partial charge in [0, 0.05) is 27.6 Å². The van der Waals surface area contributed by atoms with Crippen LogP contribution < -0.4 is 4.74 Å². The molecule has 1 aromatic heterocycles. The highest BCUT2D eigenvalue weighted by Gasteiger charge is 2.19. The van der Waals surface area contributed by atoms with Crippen molar-refractivity contribution in [3.8, 4) is 5.75 Å². The summed E-state index contributed by atoms with van der Waals surface area (Å²) in [5.74, 6) is -0.0886. The summed E-state index contributed by atoms with van der Waals surface area (Å²) >= 11 is 0. The zero-order chi connectivity index (χ0) is 19.3. The molecule has 0 unspecified atom stereocenters. The first-order valence-corrected chi connectivity index (χ1v) is 13.0. The summed E-state index contributed by atoms with van der Waals surface area (Å²) in [5.41, 5.74) is 1.51. The number of hydrogen-bond donors (Lipinski definition) is 0. The standard InChI is InChI=1S/C19H32FN3O2Si/c1-7-22(2)11-10-15-18-16(8-9-17(24-3)19(18)20)23(21-15)14-25-12-13-26(4,5)6/h8-9H,7,10-14H2,1-6H3. The van der Waals surface area contributed by atoms with Crippen LogP contribution in [-0.4, -0.2) is 56.6 Å². The molecule has 0 aliphatic rings. The molecule has 1 aromatic carbocycles. The Morgan fingerprint density at radius 2 is 2.00 bits per heavy atom. The fourth-order valence-corrected chi connectivity index (χ4v) is 3.46. The average molecular weight is 382 g/mol. The van der Waals surface area contributed by atoms with Crippen LogP contribution in [0.15, 0.2) is 12.1 Å². The second-order valence-corrected chi connectivity index (χ2v) is 13.5. The Morgan fingerprint density at radius 3 is 2.62 bits per heavy atom. The monoisotopic (exact) mass is 381 g/mol. The maximum atomic E-state index is 14.9. The largest absolute Gasteiger partial charge is 0.494 e. The third kappa shape index (κ3) is 5.28. The number of rotatable bonds is 10. The zero-order valence-electron chi connectivity index (χ0n) is 16.9. The van der Waals surface area contributed by atoms with Crippen LogP contribution in [-0.2, 0) is 17.9 Å². The molecule has 0 bridgehead atoms. The Kier molecular flexibility index (Phi) is 7.20. The SMILES string of the molecule is CCN(C)CCc1nn(COCC[Si](C)(C)C)c2ccc(OC)c(F)c12. The van der Waals surface area contributed by atoms with Crippen LogP contribution >= 0.6 is 0 Å². The van der Waals surface area contributed by atoms with Crippen molar-refractivity contribution in [2.45, 2.75) is 45.8 Å². The van der Waals surface area contributed by atoms with Gasteiger partial charge < -0.3 is 14.4 Å². The Morgan fingerprint density at radius 1 is 1.27 bits per heavy atom. The van der Waals surface area contributed by atoms with E-state index in [0.29, 0.717) is 25.1 Å². The first kappa shape index (κ1) is 20.9. The molecule has 0 spiro atoms. The maximum absolute atomic E-state index is 14.9. The molecule has 0 saturated heterocycles. The highest BCUT2D eigenvalue weighted by Crippen LogP contribution is 2.29. The van der Waals surface area contributed by atoms with Crippen LogP contribution in [0.25, 0.3) is 10.9 Å². The average Bonchev–Trinajstić information content (AvgIpc) is 2.94. The molecule has 0 amide bonds. The van der Waals surface area contributed by atoms with E-state index in [9.17, 15) is 4.39 Å². The molecule has 5 nitrogen and oxygen atoms in total. The van der Waals surface area contributed by atoms with E-state index in [4.69, 9.17) is 9.47 Å². The lowest BCUT2D eigenvalue weighted by Crippen LogP contribution is -2.22. The third-order valence-electron chi connectivity index (χ3n) is 4.59. The first-order valence-electron chi connectivity index (χ1n) is 9.25. The molecule has 0 N–H and O–H groups in total. The van der Waals surface area contributed by atoms with E-state index < -0.39 is 8.07 Å². The van der Waals surface area contributed by atoms with Crippen LogP contribution in [0.2, 0.25) is 25.7 Å². The van der Waals surface area contributed by atoms with Crippen molar-refractivity contribution >= 4 is 19.0 Å². The van der Waals surface area contributed by atoms with Crippen LogP contribution in [0.4, 0.5) is 4.39 Å². The molecule has 2 aromatic rings. The van der Waals surface area contributed by atoms with Gasteiger partial charge in [-0.05, 0) is 31.8 Å². The van der Waals surface area contributed by atoms with Crippen molar-refractivity contribution in [2.75, 3.05) is 33.9 Å². The normalized spacial score (nSPS) is 12.3.